The molecule has 2 aromatic rings. The molecule has 1 N–H and O–H groups in total. The van der Waals surface area contributed by atoms with E-state index >= 15 is 0 Å². The van der Waals surface area contributed by atoms with Crippen molar-refractivity contribution < 1.29 is 0 Å². The third kappa shape index (κ3) is 1.48. The van der Waals surface area contributed by atoms with Gasteiger partial charge >= 0.3 is 0 Å². The lowest BCUT2D eigenvalue weighted by Crippen LogP contribution is -1.98. The van der Waals surface area contributed by atoms with Crippen LogP contribution < -0.4 is 5.32 Å². The van der Waals surface area contributed by atoms with Crippen molar-refractivity contribution in [3.8, 4) is 5.82 Å². The second-order valence-corrected chi connectivity index (χ2v) is 2.45. The molecule has 0 saturated heterocycles. The second kappa shape index (κ2) is 3.22. The third-order valence-electron chi connectivity index (χ3n) is 1.60. The van der Waals surface area contributed by atoms with Gasteiger partial charge in [0, 0.05) is 13.2 Å². The molecule has 2 aromatic heterocycles. The van der Waals surface area contributed by atoms with E-state index in [1.807, 2.05) is 18.2 Å². The number of anilines is 1. The summed E-state index contributed by atoms with van der Waals surface area (Å²) in [6.45, 7) is 0. The minimum Gasteiger partial charge on any atom is -0.356 e. The van der Waals surface area contributed by atoms with E-state index in [4.69, 9.17) is 0 Å². The molecule has 0 amide bonds. The highest BCUT2D eigenvalue weighted by Gasteiger charge is 1.99. The van der Waals surface area contributed by atoms with Crippen LogP contribution in [-0.4, -0.2) is 26.8 Å². The molecule has 0 atom stereocenters. The Morgan fingerprint density at radius 3 is 2.85 bits per heavy atom. The van der Waals surface area contributed by atoms with Gasteiger partial charge in [0.05, 0.1) is 0 Å². The maximum atomic E-state index is 4.13. The monoisotopic (exact) mass is 175 g/mol. The number of hydrogen-bond donors (Lipinski definition) is 1. The van der Waals surface area contributed by atoms with E-state index < -0.39 is 0 Å². The largest absolute Gasteiger partial charge is 0.356 e. The highest BCUT2D eigenvalue weighted by atomic mass is 15.4. The van der Waals surface area contributed by atoms with Crippen LogP contribution in [0.3, 0.4) is 0 Å². The van der Waals surface area contributed by atoms with Crippen LogP contribution in [0.25, 0.3) is 5.82 Å². The highest BCUT2D eigenvalue weighted by Crippen LogP contribution is 2.02. The lowest BCUT2D eigenvalue weighted by atomic mass is 10.5. The first-order chi connectivity index (χ1) is 6.40. The fourth-order valence-electron chi connectivity index (χ4n) is 0.977. The zero-order valence-electron chi connectivity index (χ0n) is 7.18. The third-order valence-corrected chi connectivity index (χ3v) is 1.60. The summed E-state index contributed by atoms with van der Waals surface area (Å²) in [6, 6.07) is 5.64. The van der Waals surface area contributed by atoms with Gasteiger partial charge < -0.3 is 5.32 Å². The van der Waals surface area contributed by atoms with E-state index in [9.17, 15) is 0 Å². The van der Waals surface area contributed by atoms with Crippen molar-refractivity contribution in [1.29, 1.82) is 0 Å². The first kappa shape index (κ1) is 7.72. The lowest BCUT2D eigenvalue weighted by Gasteiger charge is -1.96. The van der Waals surface area contributed by atoms with Gasteiger partial charge in [-0.15, -0.1) is 5.10 Å². The summed E-state index contributed by atoms with van der Waals surface area (Å²) in [6.07, 6.45) is 3.34. The molecule has 0 saturated carbocycles. The van der Waals surface area contributed by atoms with Crippen molar-refractivity contribution in [3.63, 3.8) is 0 Å². The van der Waals surface area contributed by atoms with Gasteiger partial charge in [0.1, 0.15) is 6.33 Å². The molecule has 0 aliphatic rings. The van der Waals surface area contributed by atoms with E-state index in [0.717, 1.165) is 5.82 Å². The molecule has 5 nitrogen and oxygen atoms in total. The van der Waals surface area contributed by atoms with E-state index in [0.29, 0.717) is 5.95 Å². The fraction of sp³-hybridized carbons (Fsp3) is 0.125. The molecule has 0 spiro atoms. The Balaban J connectivity index is 2.36. The summed E-state index contributed by atoms with van der Waals surface area (Å²) in [7, 11) is 1.78. The van der Waals surface area contributed by atoms with E-state index in [1.54, 1.807) is 24.3 Å². The summed E-state index contributed by atoms with van der Waals surface area (Å²) >= 11 is 0. The van der Waals surface area contributed by atoms with Crippen molar-refractivity contribution in [2.24, 2.45) is 0 Å². The molecular weight excluding hydrogens is 166 g/mol. The van der Waals surface area contributed by atoms with Gasteiger partial charge in [-0.1, -0.05) is 6.07 Å². The van der Waals surface area contributed by atoms with Crippen LogP contribution >= 0.6 is 0 Å². The average Bonchev–Trinajstić information content (AvgIpc) is 2.67. The quantitative estimate of drug-likeness (QED) is 0.730. The number of aromatic nitrogens is 4. The molecule has 5 heteroatoms. The van der Waals surface area contributed by atoms with E-state index in [1.165, 1.54) is 0 Å². The van der Waals surface area contributed by atoms with E-state index in [-0.39, 0.29) is 0 Å². The predicted octanol–water partition coefficient (Wildman–Crippen LogP) is 0.704. The summed E-state index contributed by atoms with van der Waals surface area (Å²) in [5.74, 6) is 1.35. The first-order valence-electron chi connectivity index (χ1n) is 3.91. The SMILES string of the molecule is CNc1ncn(-c2ccccn2)n1. The van der Waals surface area contributed by atoms with Crippen LogP contribution in [0, 0.1) is 0 Å². The Kier molecular flexibility index (Phi) is 1.91. The molecule has 0 aliphatic carbocycles. The van der Waals surface area contributed by atoms with Crippen molar-refractivity contribution in [2.75, 3.05) is 12.4 Å². The normalized spacial score (nSPS) is 9.92. The topological polar surface area (TPSA) is 55.6 Å². The van der Waals surface area contributed by atoms with Crippen LogP contribution in [0.4, 0.5) is 5.95 Å². The molecule has 0 unspecified atom stereocenters. The Labute approximate surface area is 75.4 Å². The van der Waals surface area contributed by atoms with Crippen molar-refractivity contribution >= 4 is 5.95 Å². The van der Waals surface area contributed by atoms with Crippen LogP contribution in [0.2, 0.25) is 0 Å². The molecule has 0 aromatic carbocycles. The second-order valence-electron chi connectivity index (χ2n) is 2.45. The van der Waals surface area contributed by atoms with Gasteiger partial charge in [0.15, 0.2) is 5.82 Å². The summed E-state index contributed by atoms with van der Waals surface area (Å²) in [4.78, 5) is 8.14. The Hall–Kier alpha value is -1.91. The maximum Gasteiger partial charge on any atom is 0.242 e. The highest BCUT2D eigenvalue weighted by molar-refractivity contribution is 5.25. The first-order valence-corrected chi connectivity index (χ1v) is 3.91. The molecule has 2 heterocycles. The minimum atomic E-state index is 0.589. The van der Waals surface area contributed by atoms with Crippen LogP contribution in [-0.2, 0) is 0 Å². The Bertz CT molecular complexity index is 380. The number of nitrogens with zero attached hydrogens (tertiary/aromatic N) is 4. The van der Waals surface area contributed by atoms with Crippen molar-refractivity contribution in [3.05, 3.63) is 30.7 Å². The minimum absolute atomic E-state index is 0.589. The number of nitrogens with one attached hydrogen (secondary N) is 1. The van der Waals surface area contributed by atoms with Gasteiger partial charge in [0.25, 0.3) is 0 Å². The molecule has 0 bridgehead atoms. The molecule has 13 heavy (non-hydrogen) atoms. The van der Waals surface area contributed by atoms with Gasteiger partial charge in [-0.25, -0.2) is 14.6 Å². The molecule has 0 radical (unpaired) electrons. The van der Waals surface area contributed by atoms with Gasteiger partial charge in [-0.05, 0) is 12.1 Å². The molecule has 0 aliphatic heterocycles. The van der Waals surface area contributed by atoms with Crippen LogP contribution in [0.15, 0.2) is 30.7 Å². The van der Waals surface area contributed by atoms with Crippen LogP contribution in [0.5, 0.6) is 0 Å². The zero-order chi connectivity index (χ0) is 9.10. The number of hydrogen-bond acceptors (Lipinski definition) is 4. The maximum absolute atomic E-state index is 4.13. The standard InChI is InChI=1S/C8H9N5/c1-9-8-11-6-13(12-8)7-4-2-3-5-10-7/h2-6H,1H3,(H,9,12). The van der Waals surface area contributed by atoms with Crippen molar-refractivity contribution in [2.45, 2.75) is 0 Å². The fourth-order valence-corrected chi connectivity index (χ4v) is 0.977. The predicted molar refractivity (Wildman–Crippen MR) is 48.7 cm³/mol. The van der Waals surface area contributed by atoms with Gasteiger partial charge in [-0.2, -0.15) is 0 Å². The Morgan fingerprint density at radius 2 is 2.23 bits per heavy atom. The Morgan fingerprint density at radius 1 is 1.31 bits per heavy atom. The number of rotatable bonds is 2. The summed E-state index contributed by atoms with van der Waals surface area (Å²) in [5, 5.41) is 6.98. The van der Waals surface area contributed by atoms with Crippen LogP contribution in [0.1, 0.15) is 0 Å². The molecule has 0 fully saturated rings. The molecular formula is C8H9N5. The van der Waals surface area contributed by atoms with Gasteiger partial charge in [0.2, 0.25) is 5.95 Å². The number of pyridine rings is 1. The zero-order valence-corrected chi connectivity index (χ0v) is 7.18. The summed E-state index contributed by atoms with van der Waals surface area (Å²) in [5.41, 5.74) is 0. The van der Waals surface area contributed by atoms with E-state index in [2.05, 4.69) is 20.4 Å². The van der Waals surface area contributed by atoms with Gasteiger partial charge in [-0.3, -0.25) is 0 Å². The molecule has 66 valence electrons. The molecule has 2 rings (SSSR count). The lowest BCUT2D eigenvalue weighted by molar-refractivity contribution is 0.847. The van der Waals surface area contributed by atoms with Crippen molar-refractivity contribution in [1.82, 2.24) is 19.7 Å². The smallest absolute Gasteiger partial charge is 0.242 e. The summed E-state index contributed by atoms with van der Waals surface area (Å²) < 4.78 is 1.62. The average molecular weight is 175 g/mol.